The summed E-state index contributed by atoms with van der Waals surface area (Å²) in [6, 6.07) is 0. The van der Waals surface area contributed by atoms with Crippen molar-refractivity contribution in [1.29, 1.82) is 0 Å². The van der Waals surface area contributed by atoms with Gasteiger partial charge in [-0.3, -0.25) is 4.79 Å². The first-order chi connectivity index (χ1) is 5.61. The van der Waals surface area contributed by atoms with Gasteiger partial charge in [0.05, 0.1) is 0 Å². The number of allylic oxidation sites excluding steroid dienone is 4. The van der Waals surface area contributed by atoms with Gasteiger partial charge in [0.25, 0.3) is 0 Å². The van der Waals surface area contributed by atoms with Crippen LogP contribution >= 0.6 is 0 Å². The molecule has 0 bridgehead atoms. The Morgan fingerprint density at radius 2 is 2.08 bits per heavy atom. The third-order valence-corrected chi connectivity index (χ3v) is 1.94. The molecule has 66 valence electrons. The normalized spacial score (nSPS) is 17.3. The Morgan fingerprint density at radius 3 is 2.50 bits per heavy atom. The average Bonchev–Trinajstić information content (AvgIpc) is 2.04. The maximum atomic E-state index is 12.5. The van der Waals surface area contributed by atoms with Crippen LogP contribution in [0.5, 0.6) is 0 Å². The van der Waals surface area contributed by atoms with E-state index < -0.39 is 0 Å². The molecule has 0 radical (unpaired) electrons. The molecule has 0 spiro atoms. The summed E-state index contributed by atoms with van der Waals surface area (Å²) < 4.78 is 12.5. The molecule has 0 atom stereocenters. The predicted molar refractivity (Wildman–Crippen MR) is 46.4 cm³/mol. The summed E-state index contributed by atoms with van der Waals surface area (Å²) in [5, 5.41) is 0. The molecule has 2 heteroatoms. The van der Waals surface area contributed by atoms with E-state index in [4.69, 9.17) is 0 Å². The van der Waals surface area contributed by atoms with E-state index >= 15 is 0 Å². The second-order valence-electron chi connectivity index (χ2n) is 3.32. The van der Waals surface area contributed by atoms with Gasteiger partial charge in [0.15, 0.2) is 5.78 Å². The number of hydrogen-bond acceptors (Lipinski definition) is 1. The molecule has 0 aromatic rings. The van der Waals surface area contributed by atoms with Crippen LogP contribution in [0.2, 0.25) is 0 Å². The summed E-state index contributed by atoms with van der Waals surface area (Å²) in [6.45, 7) is 3.72. The number of halogens is 1. The van der Waals surface area contributed by atoms with Crippen molar-refractivity contribution in [2.24, 2.45) is 5.92 Å². The van der Waals surface area contributed by atoms with Crippen LogP contribution in [-0.4, -0.2) is 5.78 Å². The SMILES string of the molecule is CC(C)C(=O)C1=CC=C(F)CC1. The smallest absolute Gasteiger partial charge is 0.161 e. The van der Waals surface area contributed by atoms with Crippen molar-refractivity contribution in [3.05, 3.63) is 23.6 Å². The number of rotatable bonds is 2. The molecule has 0 unspecified atom stereocenters. The predicted octanol–water partition coefficient (Wildman–Crippen LogP) is 2.79. The standard InChI is InChI=1S/C10H13FO/c1-7(2)10(12)8-3-5-9(11)6-4-8/h3,5,7H,4,6H2,1-2H3. The van der Waals surface area contributed by atoms with Gasteiger partial charge in [0, 0.05) is 12.3 Å². The number of hydrogen-bond donors (Lipinski definition) is 0. The third kappa shape index (κ3) is 2.03. The molecule has 0 saturated heterocycles. The van der Waals surface area contributed by atoms with Crippen molar-refractivity contribution < 1.29 is 9.18 Å². The number of Topliss-reactive ketones (excluding diaryl/α,β-unsaturated/α-hetero) is 1. The minimum atomic E-state index is -0.129. The van der Waals surface area contributed by atoms with Crippen LogP contribution in [0.25, 0.3) is 0 Å². The van der Waals surface area contributed by atoms with E-state index in [1.807, 2.05) is 13.8 Å². The lowest BCUT2D eigenvalue weighted by Gasteiger charge is -2.10. The average molecular weight is 168 g/mol. The maximum Gasteiger partial charge on any atom is 0.161 e. The van der Waals surface area contributed by atoms with Gasteiger partial charge >= 0.3 is 0 Å². The van der Waals surface area contributed by atoms with Gasteiger partial charge in [-0.15, -0.1) is 0 Å². The summed E-state index contributed by atoms with van der Waals surface area (Å²) in [5.41, 5.74) is 0.756. The van der Waals surface area contributed by atoms with Crippen molar-refractivity contribution in [2.75, 3.05) is 0 Å². The van der Waals surface area contributed by atoms with Gasteiger partial charge in [-0.25, -0.2) is 4.39 Å². The monoisotopic (exact) mass is 168 g/mol. The van der Waals surface area contributed by atoms with Crippen LogP contribution in [0.15, 0.2) is 23.6 Å². The van der Waals surface area contributed by atoms with Crippen LogP contribution in [0, 0.1) is 5.92 Å². The molecule has 1 rings (SSSR count). The highest BCUT2D eigenvalue weighted by atomic mass is 19.1. The third-order valence-electron chi connectivity index (χ3n) is 1.94. The summed E-state index contributed by atoms with van der Waals surface area (Å²) in [7, 11) is 0. The molecule has 1 aliphatic carbocycles. The highest BCUT2D eigenvalue weighted by molar-refractivity contribution is 5.97. The minimum Gasteiger partial charge on any atom is -0.294 e. The van der Waals surface area contributed by atoms with Crippen LogP contribution in [-0.2, 0) is 4.79 Å². The summed E-state index contributed by atoms with van der Waals surface area (Å²) in [6.07, 6.45) is 3.92. The highest BCUT2D eigenvalue weighted by Gasteiger charge is 2.15. The van der Waals surface area contributed by atoms with Crippen molar-refractivity contribution in [3.8, 4) is 0 Å². The fourth-order valence-electron chi connectivity index (χ4n) is 1.19. The van der Waals surface area contributed by atoms with E-state index in [-0.39, 0.29) is 17.5 Å². The minimum absolute atomic E-state index is 0.0193. The van der Waals surface area contributed by atoms with Crippen molar-refractivity contribution in [3.63, 3.8) is 0 Å². The Kier molecular flexibility index (Phi) is 2.79. The molecule has 0 heterocycles. The number of carbonyl (C=O) groups is 1. The highest BCUT2D eigenvalue weighted by Crippen LogP contribution is 2.21. The summed E-state index contributed by atoms with van der Waals surface area (Å²) in [5.74, 6) is 0.0277. The zero-order valence-electron chi connectivity index (χ0n) is 7.43. The number of carbonyl (C=O) groups excluding carboxylic acids is 1. The second-order valence-corrected chi connectivity index (χ2v) is 3.32. The zero-order valence-corrected chi connectivity index (χ0v) is 7.43. The van der Waals surface area contributed by atoms with E-state index in [2.05, 4.69) is 0 Å². The zero-order chi connectivity index (χ0) is 9.14. The van der Waals surface area contributed by atoms with Gasteiger partial charge in [0.2, 0.25) is 0 Å². The first-order valence-corrected chi connectivity index (χ1v) is 4.20. The quantitative estimate of drug-likeness (QED) is 0.619. The lowest BCUT2D eigenvalue weighted by atomic mass is 9.94. The molecule has 1 nitrogen and oxygen atoms in total. The Morgan fingerprint density at radius 1 is 1.42 bits per heavy atom. The van der Waals surface area contributed by atoms with Gasteiger partial charge in [-0.2, -0.15) is 0 Å². The van der Waals surface area contributed by atoms with E-state index in [0.717, 1.165) is 5.57 Å². The molecule has 0 aliphatic heterocycles. The van der Waals surface area contributed by atoms with Crippen molar-refractivity contribution in [2.45, 2.75) is 26.7 Å². The van der Waals surface area contributed by atoms with Gasteiger partial charge in [-0.1, -0.05) is 19.9 Å². The largest absolute Gasteiger partial charge is 0.294 e. The Labute approximate surface area is 72.0 Å². The fourth-order valence-corrected chi connectivity index (χ4v) is 1.19. The summed E-state index contributed by atoms with van der Waals surface area (Å²) >= 11 is 0. The molecule has 0 saturated carbocycles. The van der Waals surface area contributed by atoms with Crippen molar-refractivity contribution >= 4 is 5.78 Å². The molecule has 0 aromatic heterocycles. The van der Waals surface area contributed by atoms with Crippen LogP contribution in [0.3, 0.4) is 0 Å². The van der Waals surface area contributed by atoms with Gasteiger partial charge in [0.1, 0.15) is 5.83 Å². The van der Waals surface area contributed by atoms with Gasteiger partial charge < -0.3 is 0 Å². The first-order valence-electron chi connectivity index (χ1n) is 4.20. The molecule has 12 heavy (non-hydrogen) atoms. The Bertz CT molecular complexity index is 249. The van der Waals surface area contributed by atoms with Crippen LogP contribution < -0.4 is 0 Å². The second kappa shape index (κ2) is 3.65. The fraction of sp³-hybridized carbons (Fsp3) is 0.500. The molecule has 1 aliphatic rings. The van der Waals surface area contributed by atoms with E-state index in [0.29, 0.717) is 12.8 Å². The topological polar surface area (TPSA) is 17.1 Å². The molecule has 0 N–H and O–H groups in total. The Balaban J connectivity index is 2.72. The molecular formula is C10H13FO. The lowest BCUT2D eigenvalue weighted by molar-refractivity contribution is -0.118. The summed E-state index contributed by atoms with van der Waals surface area (Å²) in [4.78, 5) is 11.4. The first kappa shape index (κ1) is 9.17. The van der Waals surface area contributed by atoms with Crippen LogP contribution in [0.4, 0.5) is 4.39 Å². The lowest BCUT2D eigenvalue weighted by Crippen LogP contribution is -2.11. The van der Waals surface area contributed by atoms with Gasteiger partial charge in [-0.05, 0) is 18.1 Å². The molecule has 0 fully saturated rings. The van der Waals surface area contributed by atoms with E-state index in [1.54, 1.807) is 6.08 Å². The molecular weight excluding hydrogens is 155 g/mol. The van der Waals surface area contributed by atoms with E-state index in [1.165, 1.54) is 6.08 Å². The molecule has 0 amide bonds. The number of ketones is 1. The maximum absolute atomic E-state index is 12.5. The van der Waals surface area contributed by atoms with Crippen molar-refractivity contribution in [1.82, 2.24) is 0 Å². The van der Waals surface area contributed by atoms with Crippen LogP contribution in [0.1, 0.15) is 26.7 Å². The van der Waals surface area contributed by atoms with E-state index in [9.17, 15) is 9.18 Å². The Hall–Kier alpha value is -0.920. The molecule has 0 aromatic carbocycles.